The van der Waals surface area contributed by atoms with E-state index in [0.29, 0.717) is 19.4 Å². The number of fused-ring (bicyclic) bond motifs is 1. The molecule has 0 bridgehead atoms. The van der Waals surface area contributed by atoms with Gasteiger partial charge < -0.3 is 16.4 Å². The molecule has 0 heterocycles. The summed E-state index contributed by atoms with van der Waals surface area (Å²) < 4.78 is 0. The first kappa shape index (κ1) is 22.7. The lowest BCUT2D eigenvalue weighted by Gasteiger charge is -2.38. The van der Waals surface area contributed by atoms with Gasteiger partial charge in [-0.3, -0.25) is 9.59 Å². The summed E-state index contributed by atoms with van der Waals surface area (Å²) in [5, 5.41) is 0. The molecule has 4 rings (SSSR count). The highest BCUT2D eigenvalue weighted by Crippen LogP contribution is 2.40. The van der Waals surface area contributed by atoms with Crippen LogP contribution in [-0.4, -0.2) is 29.3 Å². The maximum Gasteiger partial charge on any atom is 0.240 e. The van der Waals surface area contributed by atoms with E-state index in [0.717, 1.165) is 29.5 Å². The molecule has 0 fully saturated rings. The molecule has 5 nitrogen and oxygen atoms in total. The predicted molar refractivity (Wildman–Crippen MR) is 130 cm³/mol. The molecular formula is C28H31N3O2. The summed E-state index contributed by atoms with van der Waals surface area (Å²) in [7, 11) is 0. The molecule has 0 radical (unpaired) electrons. The Morgan fingerprint density at radius 1 is 0.879 bits per heavy atom. The van der Waals surface area contributed by atoms with Crippen molar-refractivity contribution < 1.29 is 9.59 Å². The Morgan fingerprint density at radius 2 is 1.45 bits per heavy atom. The highest BCUT2D eigenvalue weighted by Gasteiger charge is 2.41. The van der Waals surface area contributed by atoms with Crippen LogP contribution in [-0.2, 0) is 16.0 Å². The summed E-state index contributed by atoms with van der Waals surface area (Å²) in [6.45, 7) is 0.438. The van der Waals surface area contributed by atoms with Crippen LogP contribution in [0.25, 0.3) is 0 Å². The minimum absolute atomic E-state index is 0.102. The fraction of sp³-hybridized carbons (Fsp3) is 0.286. The molecule has 4 N–H and O–H groups in total. The van der Waals surface area contributed by atoms with Gasteiger partial charge in [0.1, 0.15) is 6.04 Å². The van der Waals surface area contributed by atoms with Crippen LogP contribution in [0.3, 0.4) is 0 Å². The van der Waals surface area contributed by atoms with Crippen molar-refractivity contribution in [3.05, 3.63) is 107 Å². The normalized spacial score (nSPS) is 15.8. The molecule has 0 aromatic heterocycles. The fourth-order valence-corrected chi connectivity index (χ4v) is 5.00. The Bertz CT molecular complexity index is 1050. The van der Waals surface area contributed by atoms with E-state index in [2.05, 4.69) is 12.1 Å². The molecular weight excluding hydrogens is 410 g/mol. The van der Waals surface area contributed by atoms with Crippen molar-refractivity contribution in [3.8, 4) is 0 Å². The topological polar surface area (TPSA) is 89.4 Å². The van der Waals surface area contributed by atoms with E-state index >= 15 is 0 Å². The summed E-state index contributed by atoms with van der Waals surface area (Å²) in [6, 6.07) is 26.8. The van der Waals surface area contributed by atoms with Crippen molar-refractivity contribution >= 4 is 11.8 Å². The average Bonchev–Trinajstić information content (AvgIpc) is 3.27. The summed E-state index contributed by atoms with van der Waals surface area (Å²) in [5.41, 5.74) is 15.8. The number of nitrogens with two attached hydrogens (primary N) is 2. The number of primary amides is 1. The van der Waals surface area contributed by atoms with Crippen LogP contribution in [0, 0.1) is 0 Å². The second-order valence-corrected chi connectivity index (χ2v) is 8.60. The lowest BCUT2D eigenvalue weighted by atomic mass is 9.88. The number of aryl methyl sites for hydroxylation is 1. The maximum absolute atomic E-state index is 14.4. The molecule has 0 saturated heterocycles. The van der Waals surface area contributed by atoms with Crippen molar-refractivity contribution in [3.63, 3.8) is 0 Å². The van der Waals surface area contributed by atoms with Gasteiger partial charge in [-0.05, 0) is 54.5 Å². The molecule has 1 aliphatic carbocycles. The van der Waals surface area contributed by atoms with Gasteiger partial charge in [0.25, 0.3) is 0 Å². The van der Waals surface area contributed by atoms with Gasteiger partial charge in [0.05, 0.1) is 12.0 Å². The Morgan fingerprint density at radius 3 is 2.03 bits per heavy atom. The van der Waals surface area contributed by atoms with Gasteiger partial charge in [0.2, 0.25) is 11.8 Å². The zero-order valence-electron chi connectivity index (χ0n) is 18.8. The first-order chi connectivity index (χ1) is 16.1. The second kappa shape index (κ2) is 10.5. The third-order valence-corrected chi connectivity index (χ3v) is 6.55. The molecule has 5 heteroatoms. The van der Waals surface area contributed by atoms with Crippen LogP contribution in [0.1, 0.15) is 53.5 Å². The monoisotopic (exact) mass is 441 g/mol. The zero-order chi connectivity index (χ0) is 23.2. The molecule has 170 valence electrons. The number of hydrogen-bond donors (Lipinski definition) is 2. The van der Waals surface area contributed by atoms with Gasteiger partial charge in [-0.15, -0.1) is 0 Å². The number of carbonyl (C=O) groups excluding carboxylic acids is 2. The largest absolute Gasteiger partial charge is 0.368 e. The third-order valence-electron chi connectivity index (χ3n) is 6.55. The van der Waals surface area contributed by atoms with Crippen LogP contribution in [0.5, 0.6) is 0 Å². The van der Waals surface area contributed by atoms with E-state index in [1.165, 1.54) is 5.56 Å². The zero-order valence-corrected chi connectivity index (χ0v) is 18.8. The van der Waals surface area contributed by atoms with E-state index in [1.807, 2.05) is 72.8 Å². The standard InChI is InChI=1S/C28H31N3O2/c29-19-9-16-25(27(30)32)31(24-18-17-20-10-7-8-15-23(20)24)28(33)26(21-11-3-1-4-12-21)22-13-5-2-6-14-22/h1-8,10-15,24-26H,9,16-19,29H2,(H2,30,32)/t24-,25-/m1/s1. The molecule has 2 amide bonds. The van der Waals surface area contributed by atoms with Gasteiger partial charge in [-0.2, -0.15) is 0 Å². The molecule has 1 aliphatic rings. The van der Waals surface area contributed by atoms with Crippen LogP contribution in [0.15, 0.2) is 84.9 Å². The number of benzene rings is 3. The summed E-state index contributed by atoms with van der Waals surface area (Å²) in [4.78, 5) is 28.9. The van der Waals surface area contributed by atoms with E-state index in [9.17, 15) is 9.59 Å². The second-order valence-electron chi connectivity index (χ2n) is 8.60. The molecule has 0 saturated carbocycles. The predicted octanol–water partition coefficient (Wildman–Crippen LogP) is 3.93. The Labute approximate surface area is 195 Å². The van der Waals surface area contributed by atoms with Crippen molar-refractivity contribution in [1.82, 2.24) is 4.90 Å². The lowest BCUT2D eigenvalue weighted by Crippen LogP contribution is -2.51. The van der Waals surface area contributed by atoms with Crippen molar-refractivity contribution in [2.75, 3.05) is 6.54 Å². The smallest absolute Gasteiger partial charge is 0.240 e. The number of amides is 2. The minimum Gasteiger partial charge on any atom is -0.368 e. The van der Waals surface area contributed by atoms with Gasteiger partial charge in [0, 0.05) is 0 Å². The highest BCUT2D eigenvalue weighted by atomic mass is 16.2. The van der Waals surface area contributed by atoms with Gasteiger partial charge in [0.15, 0.2) is 0 Å². The highest BCUT2D eigenvalue weighted by molar-refractivity contribution is 5.92. The van der Waals surface area contributed by atoms with E-state index < -0.39 is 17.9 Å². The van der Waals surface area contributed by atoms with Crippen molar-refractivity contribution in [1.29, 1.82) is 0 Å². The first-order valence-electron chi connectivity index (χ1n) is 11.6. The van der Waals surface area contributed by atoms with E-state index in [4.69, 9.17) is 11.5 Å². The Hall–Kier alpha value is -3.44. The van der Waals surface area contributed by atoms with Crippen molar-refractivity contribution in [2.24, 2.45) is 11.5 Å². The molecule has 2 atom stereocenters. The molecule has 0 unspecified atom stereocenters. The minimum atomic E-state index is -0.716. The molecule has 0 spiro atoms. The maximum atomic E-state index is 14.4. The summed E-state index contributed by atoms with van der Waals surface area (Å²) >= 11 is 0. The Kier molecular flexibility index (Phi) is 7.20. The fourth-order valence-electron chi connectivity index (χ4n) is 5.00. The SMILES string of the molecule is NCCC[C@H](C(N)=O)N(C(=O)C(c1ccccc1)c1ccccc1)[C@@H]1CCc2ccccc21. The number of carbonyl (C=O) groups is 2. The molecule has 3 aromatic rings. The van der Waals surface area contributed by atoms with Gasteiger partial charge in [-0.1, -0.05) is 84.9 Å². The van der Waals surface area contributed by atoms with Crippen LogP contribution >= 0.6 is 0 Å². The lowest BCUT2D eigenvalue weighted by molar-refractivity contribution is -0.143. The van der Waals surface area contributed by atoms with Crippen LogP contribution in [0.2, 0.25) is 0 Å². The molecule has 0 aliphatic heterocycles. The summed E-state index contributed by atoms with van der Waals surface area (Å²) in [5.74, 6) is -1.11. The van der Waals surface area contributed by atoms with Crippen molar-refractivity contribution in [2.45, 2.75) is 43.7 Å². The number of hydrogen-bond acceptors (Lipinski definition) is 3. The van der Waals surface area contributed by atoms with Crippen LogP contribution in [0.4, 0.5) is 0 Å². The quantitative estimate of drug-likeness (QED) is 0.527. The van der Waals surface area contributed by atoms with E-state index in [-0.39, 0.29) is 11.9 Å². The molecule has 33 heavy (non-hydrogen) atoms. The average molecular weight is 442 g/mol. The number of nitrogens with zero attached hydrogens (tertiary/aromatic N) is 1. The third kappa shape index (κ3) is 4.83. The number of rotatable bonds is 9. The van der Waals surface area contributed by atoms with Gasteiger partial charge in [-0.25, -0.2) is 0 Å². The van der Waals surface area contributed by atoms with E-state index in [1.54, 1.807) is 4.90 Å². The molecule has 3 aromatic carbocycles. The van der Waals surface area contributed by atoms with Crippen LogP contribution < -0.4 is 11.5 Å². The summed E-state index contributed by atoms with van der Waals surface area (Å²) in [6.07, 6.45) is 2.71. The Balaban J connectivity index is 1.83. The van der Waals surface area contributed by atoms with Gasteiger partial charge >= 0.3 is 0 Å². The first-order valence-corrected chi connectivity index (χ1v) is 11.6.